The molecule has 0 nitrogen and oxygen atoms in total. The second-order valence-electron chi connectivity index (χ2n) is 6.79. The summed E-state index contributed by atoms with van der Waals surface area (Å²) in [6.45, 7) is 5.95. The molecule has 0 saturated heterocycles. The predicted molar refractivity (Wildman–Crippen MR) is 108 cm³/mol. The molecule has 0 heterocycles. The van der Waals surface area contributed by atoms with Crippen LogP contribution in [-0.4, -0.2) is 0 Å². The topological polar surface area (TPSA) is 0 Å². The van der Waals surface area contributed by atoms with E-state index < -0.39 is 0 Å². The van der Waals surface area contributed by atoms with Gasteiger partial charge >= 0.3 is 0 Å². The summed E-state index contributed by atoms with van der Waals surface area (Å²) in [5.74, 6) is 0. The van der Waals surface area contributed by atoms with Crippen LogP contribution >= 0.6 is 0 Å². The lowest BCUT2D eigenvalue weighted by Gasteiger charge is -2.03. The van der Waals surface area contributed by atoms with Crippen molar-refractivity contribution in [3.63, 3.8) is 0 Å². The number of allylic oxidation sites excluding steroid dienone is 5. The maximum atomic E-state index is 3.66. The number of unbranched alkanes of at least 4 members (excludes halogenated alkanes) is 15. The summed E-state index contributed by atoms with van der Waals surface area (Å²) >= 11 is 0. The van der Waals surface area contributed by atoms with E-state index in [1.165, 1.54) is 103 Å². The van der Waals surface area contributed by atoms with E-state index in [1.807, 2.05) is 12.2 Å². The maximum absolute atomic E-state index is 3.66. The van der Waals surface area contributed by atoms with E-state index >= 15 is 0 Å². The number of hydrogen-bond acceptors (Lipinski definition) is 0. The molecule has 0 heteroatoms. The fourth-order valence-corrected chi connectivity index (χ4v) is 2.95. The fraction of sp³-hybridized carbons (Fsp3) is 0.739. The molecule has 0 aliphatic carbocycles. The van der Waals surface area contributed by atoms with Crippen molar-refractivity contribution in [2.75, 3.05) is 0 Å². The third-order valence-corrected chi connectivity index (χ3v) is 4.47. The minimum atomic E-state index is 1.22. The average molecular weight is 319 g/mol. The Morgan fingerprint density at radius 2 is 0.957 bits per heavy atom. The molecule has 23 heavy (non-hydrogen) atoms. The van der Waals surface area contributed by atoms with Gasteiger partial charge in [0.15, 0.2) is 0 Å². The molecule has 0 fully saturated rings. The van der Waals surface area contributed by atoms with Gasteiger partial charge in [-0.05, 0) is 12.8 Å². The molecule has 0 amide bonds. The first-order valence-electron chi connectivity index (χ1n) is 10.4. The lowest BCUT2D eigenvalue weighted by Crippen LogP contribution is -1.83. The van der Waals surface area contributed by atoms with Crippen molar-refractivity contribution >= 4 is 0 Å². The highest BCUT2D eigenvalue weighted by molar-refractivity contribution is 5.08. The van der Waals surface area contributed by atoms with Crippen molar-refractivity contribution in [1.82, 2.24) is 0 Å². The molecular weight excluding hydrogens is 276 g/mol. The first-order valence-corrected chi connectivity index (χ1v) is 10.4. The molecular formula is C23H42. The van der Waals surface area contributed by atoms with Gasteiger partial charge in [0, 0.05) is 0 Å². The first kappa shape index (κ1) is 22.2. The Labute approximate surface area is 147 Å². The van der Waals surface area contributed by atoms with E-state index in [0.717, 1.165) is 0 Å². The van der Waals surface area contributed by atoms with Gasteiger partial charge in [-0.25, -0.2) is 0 Å². The molecule has 0 aliphatic rings. The summed E-state index contributed by atoms with van der Waals surface area (Å²) in [5, 5.41) is 0. The summed E-state index contributed by atoms with van der Waals surface area (Å²) in [6.07, 6.45) is 33.1. The largest absolute Gasteiger partial charge is 0.0991 e. The van der Waals surface area contributed by atoms with E-state index in [9.17, 15) is 0 Å². The molecule has 0 aromatic carbocycles. The lowest BCUT2D eigenvalue weighted by atomic mass is 10.0. The van der Waals surface area contributed by atoms with E-state index in [-0.39, 0.29) is 0 Å². The van der Waals surface area contributed by atoms with Crippen LogP contribution in [0.4, 0.5) is 0 Å². The standard InChI is InChI=1S/C23H42/c1-3-5-7-9-11-13-15-17-19-21-23-22-20-18-16-14-12-10-8-6-4-2/h3,5,7,9,11H,1,4,6,8,10,12-23H2,2H3. The van der Waals surface area contributed by atoms with Crippen molar-refractivity contribution in [3.05, 3.63) is 37.0 Å². The van der Waals surface area contributed by atoms with Crippen LogP contribution in [0.25, 0.3) is 0 Å². The van der Waals surface area contributed by atoms with Crippen molar-refractivity contribution in [2.45, 2.75) is 110 Å². The Hall–Kier alpha value is -0.780. The zero-order chi connectivity index (χ0) is 16.8. The SMILES string of the molecule is C=CC=CC=CCCCCCCCCCCCCCCCCC. The summed E-state index contributed by atoms with van der Waals surface area (Å²) < 4.78 is 0. The Morgan fingerprint density at radius 3 is 1.39 bits per heavy atom. The van der Waals surface area contributed by atoms with E-state index in [2.05, 4.69) is 31.7 Å². The van der Waals surface area contributed by atoms with Crippen LogP contribution < -0.4 is 0 Å². The van der Waals surface area contributed by atoms with Gasteiger partial charge in [-0.1, -0.05) is 134 Å². The van der Waals surface area contributed by atoms with Crippen molar-refractivity contribution in [2.24, 2.45) is 0 Å². The summed E-state index contributed by atoms with van der Waals surface area (Å²) in [7, 11) is 0. The van der Waals surface area contributed by atoms with Gasteiger partial charge in [0.2, 0.25) is 0 Å². The molecule has 0 aromatic heterocycles. The van der Waals surface area contributed by atoms with E-state index in [4.69, 9.17) is 0 Å². The zero-order valence-corrected chi connectivity index (χ0v) is 15.9. The van der Waals surface area contributed by atoms with Crippen molar-refractivity contribution in [3.8, 4) is 0 Å². The zero-order valence-electron chi connectivity index (χ0n) is 15.9. The van der Waals surface area contributed by atoms with Crippen LogP contribution in [-0.2, 0) is 0 Å². The summed E-state index contributed by atoms with van der Waals surface area (Å²) in [4.78, 5) is 0. The summed E-state index contributed by atoms with van der Waals surface area (Å²) in [5.41, 5.74) is 0. The molecule has 0 bridgehead atoms. The van der Waals surface area contributed by atoms with Crippen LogP contribution in [0.5, 0.6) is 0 Å². The number of rotatable bonds is 18. The Balaban J connectivity index is 3.04. The minimum Gasteiger partial charge on any atom is -0.0991 e. The monoisotopic (exact) mass is 318 g/mol. The molecule has 134 valence electrons. The quantitative estimate of drug-likeness (QED) is 0.175. The fourth-order valence-electron chi connectivity index (χ4n) is 2.95. The smallest absolute Gasteiger partial charge is 0.0348 e. The molecule has 0 aromatic rings. The van der Waals surface area contributed by atoms with Gasteiger partial charge < -0.3 is 0 Å². The highest BCUT2D eigenvalue weighted by Gasteiger charge is 1.93. The predicted octanol–water partition coefficient (Wildman–Crippen LogP) is 8.55. The Kier molecular flexibility index (Phi) is 20.5. The third-order valence-electron chi connectivity index (χ3n) is 4.47. The van der Waals surface area contributed by atoms with E-state index in [0.29, 0.717) is 0 Å². The molecule has 0 N–H and O–H groups in total. The van der Waals surface area contributed by atoms with Gasteiger partial charge in [-0.15, -0.1) is 0 Å². The Bertz CT molecular complexity index is 272. The number of hydrogen-bond donors (Lipinski definition) is 0. The first-order chi connectivity index (χ1) is 11.4. The highest BCUT2D eigenvalue weighted by atomic mass is 14.0. The van der Waals surface area contributed by atoms with Crippen molar-refractivity contribution < 1.29 is 0 Å². The molecule has 0 saturated carbocycles. The van der Waals surface area contributed by atoms with Gasteiger partial charge in [-0.2, -0.15) is 0 Å². The molecule has 0 unspecified atom stereocenters. The van der Waals surface area contributed by atoms with Gasteiger partial charge in [0.05, 0.1) is 0 Å². The lowest BCUT2D eigenvalue weighted by molar-refractivity contribution is 0.533. The van der Waals surface area contributed by atoms with E-state index in [1.54, 1.807) is 0 Å². The molecule has 0 radical (unpaired) electrons. The molecule has 0 spiro atoms. The van der Waals surface area contributed by atoms with Gasteiger partial charge in [0.1, 0.15) is 0 Å². The van der Waals surface area contributed by atoms with Crippen LogP contribution in [0.15, 0.2) is 37.0 Å². The van der Waals surface area contributed by atoms with Gasteiger partial charge in [-0.3, -0.25) is 0 Å². The normalized spacial score (nSPS) is 11.7. The molecule has 0 rings (SSSR count). The maximum Gasteiger partial charge on any atom is -0.0348 e. The highest BCUT2D eigenvalue weighted by Crippen LogP contribution is 2.13. The van der Waals surface area contributed by atoms with Crippen LogP contribution in [0.2, 0.25) is 0 Å². The second-order valence-corrected chi connectivity index (χ2v) is 6.79. The van der Waals surface area contributed by atoms with Crippen LogP contribution in [0.1, 0.15) is 110 Å². The Morgan fingerprint density at radius 1 is 0.522 bits per heavy atom. The minimum absolute atomic E-state index is 1.22. The van der Waals surface area contributed by atoms with Crippen molar-refractivity contribution in [1.29, 1.82) is 0 Å². The molecule has 0 aliphatic heterocycles. The van der Waals surface area contributed by atoms with Crippen LogP contribution in [0.3, 0.4) is 0 Å². The van der Waals surface area contributed by atoms with Crippen LogP contribution in [0, 0.1) is 0 Å². The third kappa shape index (κ3) is 21.2. The average Bonchev–Trinajstić information content (AvgIpc) is 2.57. The molecule has 0 atom stereocenters. The second kappa shape index (κ2) is 21.2. The summed E-state index contributed by atoms with van der Waals surface area (Å²) in [6, 6.07) is 0. The van der Waals surface area contributed by atoms with Gasteiger partial charge in [0.25, 0.3) is 0 Å².